The summed E-state index contributed by atoms with van der Waals surface area (Å²) in [4.78, 5) is -0.227. The van der Waals surface area contributed by atoms with Crippen LogP contribution in [0.25, 0.3) is 0 Å². The maximum atomic E-state index is 14.3. The summed E-state index contributed by atoms with van der Waals surface area (Å²) in [6, 6.07) is 6.28. The van der Waals surface area contributed by atoms with Crippen molar-refractivity contribution in [3.05, 3.63) is 65.5 Å². The van der Waals surface area contributed by atoms with Crippen LogP contribution in [0.1, 0.15) is 30.4 Å². The lowest BCUT2D eigenvalue weighted by Gasteiger charge is -2.31. The quantitative estimate of drug-likeness (QED) is 0.496. The van der Waals surface area contributed by atoms with E-state index >= 15 is 0 Å². The molecule has 0 heterocycles. The molecule has 0 saturated heterocycles. The van der Waals surface area contributed by atoms with E-state index in [9.17, 15) is 39.2 Å². The van der Waals surface area contributed by atoms with E-state index in [1.807, 2.05) is 0 Å². The van der Waals surface area contributed by atoms with Gasteiger partial charge in [0.05, 0.1) is 4.90 Å². The number of benzene rings is 2. The summed E-state index contributed by atoms with van der Waals surface area (Å²) in [6.07, 6.45) is -10.1. The van der Waals surface area contributed by atoms with Crippen LogP contribution in [0, 0.1) is 5.82 Å². The number of sulfone groups is 1. The minimum atomic E-state index is -5.88. The van der Waals surface area contributed by atoms with Gasteiger partial charge in [-0.25, -0.2) is 26.0 Å². The Labute approximate surface area is 174 Å². The molecule has 0 bridgehead atoms. The van der Waals surface area contributed by atoms with Crippen LogP contribution in [-0.2, 0) is 20.3 Å². The molecule has 11 heteroatoms. The third-order valence-corrected chi connectivity index (χ3v) is 8.22. The van der Waals surface area contributed by atoms with Crippen molar-refractivity contribution >= 4 is 9.84 Å². The van der Waals surface area contributed by atoms with Gasteiger partial charge in [0.25, 0.3) is 12.1 Å². The standard InChI is InChI=1S/C20H18F7NO2S/c21-14-5-7-16(8-6-14)31(29,30)18(10-9-15(28)11-18)12-1-3-13(4-2-12)19(24,17(22)23)20(25,26)27/h1-8,15,17H,9-11,28H2. The second kappa shape index (κ2) is 7.77. The molecule has 31 heavy (non-hydrogen) atoms. The first-order valence-corrected chi connectivity index (χ1v) is 10.6. The Kier molecular flexibility index (Phi) is 5.90. The topological polar surface area (TPSA) is 60.2 Å². The molecule has 3 unspecified atom stereocenters. The third kappa shape index (κ3) is 3.71. The highest BCUT2D eigenvalue weighted by Crippen LogP contribution is 2.50. The Bertz CT molecular complexity index is 1040. The maximum Gasteiger partial charge on any atom is 0.432 e. The molecule has 3 nitrogen and oxygen atoms in total. The van der Waals surface area contributed by atoms with E-state index in [0.717, 1.165) is 36.4 Å². The average Bonchev–Trinajstić information content (AvgIpc) is 3.10. The van der Waals surface area contributed by atoms with Crippen LogP contribution in [0.4, 0.5) is 30.7 Å². The second-order valence-corrected chi connectivity index (χ2v) is 9.80. The number of nitrogens with two attached hydrogens (primary N) is 1. The minimum absolute atomic E-state index is 0.00209. The van der Waals surface area contributed by atoms with Crippen molar-refractivity contribution in [2.45, 2.75) is 53.2 Å². The van der Waals surface area contributed by atoms with E-state index in [1.165, 1.54) is 0 Å². The van der Waals surface area contributed by atoms with Crippen molar-refractivity contribution in [3.63, 3.8) is 0 Å². The number of halogens is 7. The molecule has 0 amide bonds. The lowest BCUT2D eigenvalue weighted by Crippen LogP contribution is -2.44. The molecule has 2 aromatic rings. The summed E-state index contributed by atoms with van der Waals surface area (Å²) in [5, 5.41) is 0. The van der Waals surface area contributed by atoms with Gasteiger partial charge >= 0.3 is 6.18 Å². The zero-order valence-corrected chi connectivity index (χ0v) is 16.7. The molecule has 0 radical (unpaired) electrons. The first-order valence-electron chi connectivity index (χ1n) is 9.16. The van der Waals surface area contributed by atoms with E-state index in [2.05, 4.69) is 0 Å². The van der Waals surface area contributed by atoms with Gasteiger partial charge in [-0.2, -0.15) is 13.2 Å². The molecule has 0 aromatic heterocycles. The van der Waals surface area contributed by atoms with Crippen LogP contribution in [-0.4, -0.2) is 27.1 Å². The molecule has 1 fully saturated rings. The predicted molar refractivity (Wildman–Crippen MR) is 98.4 cm³/mol. The molecule has 2 aromatic carbocycles. The summed E-state index contributed by atoms with van der Waals surface area (Å²) in [6.45, 7) is 0. The number of hydrogen-bond donors (Lipinski definition) is 1. The van der Waals surface area contributed by atoms with Crippen molar-refractivity contribution in [1.29, 1.82) is 0 Å². The van der Waals surface area contributed by atoms with Crippen LogP contribution in [0.3, 0.4) is 0 Å². The van der Waals surface area contributed by atoms with Crippen LogP contribution in [0.5, 0.6) is 0 Å². The van der Waals surface area contributed by atoms with Crippen molar-refractivity contribution in [2.75, 3.05) is 0 Å². The normalized spacial score (nSPS) is 24.4. The third-order valence-electron chi connectivity index (χ3n) is 5.69. The van der Waals surface area contributed by atoms with Crippen LogP contribution < -0.4 is 5.73 Å². The summed E-state index contributed by atoms with van der Waals surface area (Å²) >= 11 is 0. The monoisotopic (exact) mass is 469 g/mol. The Morgan fingerprint density at radius 2 is 1.52 bits per heavy atom. The lowest BCUT2D eigenvalue weighted by molar-refractivity contribution is -0.274. The number of hydrogen-bond acceptors (Lipinski definition) is 3. The Morgan fingerprint density at radius 1 is 0.968 bits per heavy atom. The maximum absolute atomic E-state index is 14.3. The predicted octanol–water partition coefficient (Wildman–Crippen LogP) is 5.00. The van der Waals surface area contributed by atoms with Gasteiger partial charge in [-0.05, 0) is 49.1 Å². The first kappa shape index (κ1) is 23.5. The zero-order chi connectivity index (χ0) is 23.2. The van der Waals surface area contributed by atoms with Gasteiger partial charge in [0.15, 0.2) is 9.84 Å². The minimum Gasteiger partial charge on any atom is -0.328 e. The molecule has 1 aliphatic rings. The van der Waals surface area contributed by atoms with E-state index in [1.54, 1.807) is 0 Å². The Balaban J connectivity index is 2.12. The fourth-order valence-electron chi connectivity index (χ4n) is 3.98. The molecule has 2 N–H and O–H groups in total. The van der Waals surface area contributed by atoms with Crippen molar-refractivity contribution < 1.29 is 39.2 Å². The van der Waals surface area contributed by atoms with Gasteiger partial charge in [0.2, 0.25) is 0 Å². The van der Waals surface area contributed by atoms with E-state index in [0.29, 0.717) is 12.1 Å². The molecule has 1 aliphatic carbocycles. The summed E-state index contributed by atoms with van der Waals surface area (Å²) < 4.78 is 118. The molecule has 0 aliphatic heterocycles. The number of alkyl halides is 6. The van der Waals surface area contributed by atoms with Crippen LogP contribution in [0.2, 0.25) is 0 Å². The Morgan fingerprint density at radius 3 is 1.94 bits per heavy atom. The van der Waals surface area contributed by atoms with Gasteiger partial charge in [0.1, 0.15) is 10.6 Å². The zero-order valence-electron chi connectivity index (χ0n) is 15.8. The fraction of sp³-hybridized carbons (Fsp3) is 0.400. The summed E-state index contributed by atoms with van der Waals surface area (Å²) in [5.41, 5.74) is -0.337. The van der Waals surface area contributed by atoms with Gasteiger partial charge < -0.3 is 5.73 Å². The highest BCUT2D eigenvalue weighted by molar-refractivity contribution is 7.92. The SMILES string of the molecule is NC1CCC(c2ccc(C(F)(C(F)F)C(F)(F)F)cc2)(S(=O)(=O)c2ccc(F)cc2)C1. The summed E-state index contributed by atoms with van der Waals surface area (Å²) in [7, 11) is -4.21. The highest BCUT2D eigenvalue weighted by Gasteiger charge is 2.64. The lowest BCUT2D eigenvalue weighted by atomic mass is 9.90. The molecule has 0 spiro atoms. The number of rotatable bonds is 5. The van der Waals surface area contributed by atoms with Gasteiger partial charge in [-0.15, -0.1) is 0 Å². The van der Waals surface area contributed by atoms with Crippen molar-refractivity contribution in [3.8, 4) is 0 Å². The van der Waals surface area contributed by atoms with Gasteiger partial charge in [-0.1, -0.05) is 24.3 Å². The van der Waals surface area contributed by atoms with Crippen molar-refractivity contribution in [2.24, 2.45) is 5.73 Å². The fourth-order valence-corrected chi connectivity index (χ4v) is 6.19. The molecule has 3 rings (SSSR count). The second-order valence-electron chi connectivity index (χ2n) is 7.54. The smallest absolute Gasteiger partial charge is 0.328 e. The summed E-state index contributed by atoms with van der Waals surface area (Å²) in [5.74, 6) is -0.668. The molecule has 3 atom stereocenters. The molecule has 1 saturated carbocycles. The van der Waals surface area contributed by atoms with Gasteiger partial charge in [-0.3, -0.25) is 0 Å². The van der Waals surface area contributed by atoms with E-state index in [4.69, 9.17) is 5.73 Å². The molecular formula is C20H18F7NO2S. The largest absolute Gasteiger partial charge is 0.432 e. The molecule has 170 valence electrons. The van der Waals surface area contributed by atoms with E-state index < -0.39 is 50.3 Å². The first-order chi connectivity index (χ1) is 14.3. The van der Waals surface area contributed by atoms with E-state index in [-0.39, 0.29) is 29.7 Å². The Hall–Kier alpha value is -2.14. The molecular weight excluding hydrogens is 451 g/mol. The highest BCUT2D eigenvalue weighted by atomic mass is 32.2. The van der Waals surface area contributed by atoms with Crippen molar-refractivity contribution in [1.82, 2.24) is 0 Å². The van der Waals surface area contributed by atoms with Crippen LogP contribution >= 0.6 is 0 Å². The van der Waals surface area contributed by atoms with Crippen LogP contribution in [0.15, 0.2) is 53.4 Å². The van der Waals surface area contributed by atoms with Gasteiger partial charge in [0, 0.05) is 11.6 Å². The average molecular weight is 469 g/mol.